The fraction of sp³-hybridized carbons (Fsp3) is 0.333. The lowest BCUT2D eigenvalue weighted by atomic mass is 10.1. The molecule has 1 aliphatic rings. The third-order valence-corrected chi connectivity index (χ3v) is 4.54. The Kier molecular flexibility index (Phi) is 3.17. The van der Waals surface area contributed by atoms with Gasteiger partial charge in [0.15, 0.2) is 0 Å². The zero-order valence-electron chi connectivity index (χ0n) is 11.5. The summed E-state index contributed by atoms with van der Waals surface area (Å²) < 4.78 is 1.73. The second kappa shape index (κ2) is 4.77. The highest BCUT2D eigenvalue weighted by Crippen LogP contribution is 2.45. The van der Waals surface area contributed by atoms with Crippen molar-refractivity contribution in [2.75, 3.05) is 6.54 Å². The summed E-state index contributed by atoms with van der Waals surface area (Å²) in [5.74, 6) is -1.20. The van der Waals surface area contributed by atoms with E-state index in [0.29, 0.717) is 23.6 Å². The lowest BCUT2D eigenvalue weighted by Gasteiger charge is -2.12. The first-order valence-corrected chi connectivity index (χ1v) is 7.08. The lowest BCUT2D eigenvalue weighted by molar-refractivity contribution is -0.143. The van der Waals surface area contributed by atoms with Crippen LogP contribution in [-0.2, 0) is 11.8 Å². The highest BCUT2D eigenvalue weighted by molar-refractivity contribution is 6.38. The molecule has 1 aromatic carbocycles. The normalized spacial score (nSPS) is 15.9. The monoisotopic (exact) mass is 306 g/mol. The van der Waals surface area contributed by atoms with Crippen molar-refractivity contribution in [3.8, 4) is 0 Å². The predicted molar refractivity (Wildman–Crippen MR) is 79.6 cm³/mol. The van der Waals surface area contributed by atoms with E-state index in [2.05, 4.69) is 5.32 Å². The molecule has 1 saturated carbocycles. The van der Waals surface area contributed by atoms with Gasteiger partial charge < -0.3 is 15.0 Å². The number of hydrogen-bond acceptors (Lipinski definition) is 2. The molecule has 0 spiro atoms. The number of rotatable bonds is 4. The van der Waals surface area contributed by atoms with E-state index in [1.165, 1.54) is 0 Å². The van der Waals surface area contributed by atoms with Gasteiger partial charge in [-0.25, -0.2) is 0 Å². The van der Waals surface area contributed by atoms with Crippen molar-refractivity contribution >= 4 is 34.4 Å². The maximum absolute atomic E-state index is 12.3. The number of carboxylic acids is 1. The number of aliphatic carboxylic acids is 1. The average molecular weight is 307 g/mol. The van der Waals surface area contributed by atoms with Crippen LogP contribution in [0.15, 0.2) is 24.3 Å². The largest absolute Gasteiger partial charge is 0.481 e. The summed E-state index contributed by atoms with van der Waals surface area (Å²) in [5.41, 5.74) is 0.443. The Morgan fingerprint density at radius 1 is 1.38 bits per heavy atom. The number of benzene rings is 1. The Morgan fingerprint density at radius 2 is 2.05 bits per heavy atom. The maximum Gasteiger partial charge on any atom is 0.311 e. The molecule has 0 aliphatic heterocycles. The Hall–Kier alpha value is -2.01. The standard InChI is InChI=1S/C15H15ClN2O3/c1-18-10-5-3-2-4-9(10)11(16)12(18)13(19)17-8-15(6-7-15)14(20)21/h2-5H,6-8H2,1H3,(H,17,19)(H,20,21). The summed E-state index contributed by atoms with van der Waals surface area (Å²) in [6, 6.07) is 7.48. The van der Waals surface area contributed by atoms with Gasteiger partial charge in [-0.15, -0.1) is 0 Å². The van der Waals surface area contributed by atoms with Crippen molar-refractivity contribution in [2.24, 2.45) is 12.5 Å². The molecule has 0 unspecified atom stereocenters. The number of aryl methyl sites for hydroxylation is 1. The van der Waals surface area contributed by atoms with Crippen LogP contribution in [0.4, 0.5) is 0 Å². The second-order valence-corrected chi connectivity index (χ2v) is 5.88. The quantitative estimate of drug-likeness (QED) is 0.911. The van der Waals surface area contributed by atoms with Gasteiger partial charge in [0, 0.05) is 24.5 Å². The van der Waals surface area contributed by atoms with Gasteiger partial charge in [-0.05, 0) is 18.9 Å². The van der Waals surface area contributed by atoms with Crippen molar-refractivity contribution in [3.05, 3.63) is 35.0 Å². The number of aromatic nitrogens is 1. The molecule has 3 rings (SSSR count). The molecule has 0 saturated heterocycles. The number of amides is 1. The third kappa shape index (κ3) is 2.17. The van der Waals surface area contributed by atoms with Crippen LogP contribution >= 0.6 is 11.6 Å². The number of carbonyl (C=O) groups is 2. The van der Waals surface area contributed by atoms with Gasteiger partial charge >= 0.3 is 5.97 Å². The van der Waals surface area contributed by atoms with E-state index in [-0.39, 0.29) is 12.5 Å². The fourth-order valence-electron chi connectivity index (χ4n) is 2.55. The SMILES string of the molecule is Cn1c(C(=O)NCC2(C(=O)O)CC2)c(Cl)c2ccccc21. The van der Waals surface area contributed by atoms with Crippen LogP contribution in [0.3, 0.4) is 0 Å². The molecular weight excluding hydrogens is 292 g/mol. The molecule has 21 heavy (non-hydrogen) atoms. The number of hydrogen-bond donors (Lipinski definition) is 2. The highest BCUT2D eigenvalue weighted by Gasteiger charge is 2.50. The lowest BCUT2D eigenvalue weighted by Crippen LogP contribution is -2.35. The molecule has 1 amide bonds. The summed E-state index contributed by atoms with van der Waals surface area (Å²) in [4.78, 5) is 23.5. The molecule has 0 atom stereocenters. The number of para-hydroxylation sites is 1. The highest BCUT2D eigenvalue weighted by atomic mass is 35.5. The number of halogens is 1. The van der Waals surface area contributed by atoms with Crippen molar-refractivity contribution in [3.63, 3.8) is 0 Å². The Morgan fingerprint density at radius 3 is 2.62 bits per heavy atom. The number of carboxylic acid groups (broad SMARTS) is 1. The Bertz CT molecular complexity index is 708. The number of fused-ring (bicyclic) bond motifs is 1. The topological polar surface area (TPSA) is 71.3 Å². The first kappa shape index (κ1) is 13.9. The molecule has 5 nitrogen and oxygen atoms in total. The molecule has 1 fully saturated rings. The van der Waals surface area contributed by atoms with E-state index in [1.54, 1.807) is 11.6 Å². The maximum atomic E-state index is 12.3. The van der Waals surface area contributed by atoms with E-state index in [0.717, 1.165) is 10.9 Å². The minimum absolute atomic E-state index is 0.138. The molecular formula is C15H15ClN2O3. The van der Waals surface area contributed by atoms with Crippen LogP contribution in [-0.4, -0.2) is 28.1 Å². The van der Waals surface area contributed by atoms with Crippen LogP contribution < -0.4 is 5.32 Å². The first-order chi connectivity index (χ1) is 9.96. The van der Waals surface area contributed by atoms with E-state index in [9.17, 15) is 9.59 Å². The van der Waals surface area contributed by atoms with Crippen molar-refractivity contribution in [2.45, 2.75) is 12.8 Å². The van der Waals surface area contributed by atoms with Gasteiger partial charge in [0.05, 0.1) is 10.4 Å². The summed E-state index contributed by atoms with van der Waals surface area (Å²) in [6.07, 6.45) is 1.21. The van der Waals surface area contributed by atoms with Gasteiger partial charge in [-0.1, -0.05) is 29.8 Å². The number of carbonyl (C=O) groups excluding carboxylic acids is 1. The minimum atomic E-state index is -0.856. The van der Waals surface area contributed by atoms with Crippen LogP contribution in [0.25, 0.3) is 10.9 Å². The second-order valence-electron chi connectivity index (χ2n) is 5.51. The molecule has 1 heterocycles. The van der Waals surface area contributed by atoms with Crippen molar-refractivity contribution < 1.29 is 14.7 Å². The van der Waals surface area contributed by atoms with Crippen LogP contribution in [0, 0.1) is 5.41 Å². The van der Waals surface area contributed by atoms with Gasteiger partial charge in [0.1, 0.15) is 5.69 Å². The van der Waals surface area contributed by atoms with E-state index in [4.69, 9.17) is 16.7 Å². The zero-order valence-corrected chi connectivity index (χ0v) is 12.3. The van der Waals surface area contributed by atoms with E-state index in [1.807, 2.05) is 24.3 Å². The summed E-state index contributed by atoms with van der Waals surface area (Å²) >= 11 is 6.29. The summed E-state index contributed by atoms with van der Waals surface area (Å²) in [6.45, 7) is 0.138. The van der Waals surface area contributed by atoms with Gasteiger partial charge in [-0.3, -0.25) is 9.59 Å². The zero-order chi connectivity index (χ0) is 15.2. The summed E-state index contributed by atoms with van der Waals surface area (Å²) in [7, 11) is 1.77. The molecule has 2 N–H and O–H groups in total. The smallest absolute Gasteiger partial charge is 0.311 e. The van der Waals surface area contributed by atoms with Crippen LogP contribution in [0.2, 0.25) is 5.02 Å². The van der Waals surface area contributed by atoms with E-state index >= 15 is 0 Å². The minimum Gasteiger partial charge on any atom is -0.481 e. The molecule has 1 aromatic heterocycles. The van der Waals surface area contributed by atoms with Crippen LogP contribution in [0.5, 0.6) is 0 Å². The first-order valence-electron chi connectivity index (χ1n) is 6.71. The van der Waals surface area contributed by atoms with Crippen molar-refractivity contribution in [1.82, 2.24) is 9.88 Å². The summed E-state index contributed by atoms with van der Waals surface area (Å²) in [5, 5.41) is 13.0. The molecule has 0 bridgehead atoms. The number of nitrogens with one attached hydrogen (secondary N) is 1. The van der Waals surface area contributed by atoms with Crippen LogP contribution in [0.1, 0.15) is 23.3 Å². The fourth-order valence-corrected chi connectivity index (χ4v) is 2.92. The van der Waals surface area contributed by atoms with Gasteiger partial charge in [0.2, 0.25) is 0 Å². The van der Waals surface area contributed by atoms with Crippen molar-refractivity contribution in [1.29, 1.82) is 0 Å². The Balaban J connectivity index is 1.87. The third-order valence-electron chi connectivity index (χ3n) is 4.15. The molecule has 6 heteroatoms. The Labute approximate surface area is 126 Å². The molecule has 0 radical (unpaired) electrons. The number of nitrogens with zero attached hydrogens (tertiary/aromatic N) is 1. The average Bonchev–Trinajstić information content (AvgIpc) is 3.22. The molecule has 110 valence electrons. The predicted octanol–water partition coefficient (Wildman–Crippen LogP) is 2.43. The van der Waals surface area contributed by atoms with Gasteiger partial charge in [-0.2, -0.15) is 0 Å². The van der Waals surface area contributed by atoms with E-state index < -0.39 is 11.4 Å². The van der Waals surface area contributed by atoms with Gasteiger partial charge in [0.25, 0.3) is 5.91 Å². The molecule has 2 aromatic rings. The molecule has 1 aliphatic carbocycles.